The van der Waals surface area contributed by atoms with E-state index in [4.69, 9.17) is 9.47 Å². The molecule has 0 radical (unpaired) electrons. The third-order valence-electron chi connectivity index (χ3n) is 6.04. The average molecular weight is 436 g/mol. The van der Waals surface area contributed by atoms with E-state index in [0.29, 0.717) is 43.5 Å². The second-order valence-corrected chi connectivity index (χ2v) is 7.98. The molecule has 166 valence electrons. The Bertz CT molecular complexity index is 1180. The normalized spacial score (nSPS) is 18.1. The number of hydrogen-bond acceptors (Lipinski definition) is 7. The highest BCUT2D eigenvalue weighted by molar-refractivity contribution is 5.83. The van der Waals surface area contributed by atoms with Crippen LogP contribution in [0, 0.1) is 13.8 Å². The van der Waals surface area contributed by atoms with Crippen LogP contribution in [0.15, 0.2) is 30.6 Å². The van der Waals surface area contributed by atoms with Gasteiger partial charge in [0.15, 0.2) is 11.5 Å². The summed E-state index contributed by atoms with van der Waals surface area (Å²) < 4.78 is 13.2. The van der Waals surface area contributed by atoms with Gasteiger partial charge in [-0.3, -0.25) is 9.59 Å². The number of aryl methyl sites for hydroxylation is 2. The molecule has 10 heteroatoms. The van der Waals surface area contributed by atoms with Gasteiger partial charge in [0.05, 0.1) is 6.42 Å². The van der Waals surface area contributed by atoms with Gasteiger partial charge in [-0.1, -0.05) is 12.1 Å². The second kappa shape index (κ2) is 8.10. The summed E-state index contributed by atoms with van der Waals surface area (Å²) in [6.45, 7) is 5.86. The fraction of sp³-hybridized carbons (Fsp3) is 0.409. The number of amides is 2. The summed E-state index contributed by atoms with van der Waals surface area (Å²) >= 11 is 0. The monoisotopic (exact) mass is 436 g/mol. The number of carbonyl (C=O) groups is 2. The Morgan fingerprint density at radius 1 is 1.06 bits per heavy atom. The zero-order valence-corrected chi connectivity index (χ0v) is 18.0. The lowest BCUT2D eigenvalue weighted by molar-refractivity contribution is -0.146. The largest absolute Gasteiger partial charge is 0.485 e. The van der Waals surface area contributed by atoms with Crippen LogP contribution in [0.25, 0.3) is 5.78 Å². The Hall–Kier alpha value is -3.69. The summed E-state index contributed by atoms with van der Waals surface area (Å²) in [6.07, 6.45) is 1.03. The molecule has 1 aromatic carbocycles. The Labute approximate surface area is 184 Å². The molecular formula is C22H24N6O4. The van der Waals surface area contributed by atoms with Crippen molar-refractivity contribution in [3.8, 4) is 11.5 Å². The fourth-order valence-corrected chi connectivity index (χ4v) is 4.20. The third kappa shape index (κ3) is 3.61. The Balaban J connectivity index is 1.20. The van der Waals surface area contributed by atoms with Crippen molar-refractivity contribution in [2.75, 3.05) is 32.8 Å². The van der Waals surface area contributed by atoms with E-state index in [1.165, 1.54) is 6.33 Å². The van der Waals surface area contributed by atoms with Gasteiger partial charge < -0.3 is 19.3 Å². The SMILES string of the molecule is Cc1nc2ncnn2c(C)c1CC(=O)N1CCN(C(=O)[C@H]2COc3ccccc3O2)CC1. The van der Waals surface area contributed by atoms with E-state index >= 15 is 0 Å². The van der Waals surface area contributed by atoms with Crippen molar-refractivity contribution in [1.29, 1.82) is 0 Å². The number of ether oxygens (including phenoxy) is 2. The standard InChI is InChI=1S/C22H24N6O4/c1-14-16(15(2)28-22(25-14)23-13-24-28)11-20(29)26-7-9-27(10-8-26)21(30)19-12-31-17-5-3-4-6-18(17)32-19/h3-6,13,19H,7-12H2,1-2H3/t19-/m1/s1. The summed E-state index contributed by atoms with van der Waals surface area (Å²) in [6, 6.07) is 7.32. The molecule has 0 unspecified atom stereocenters. The van der Waals surface area contributed by atoms with E-state index in [2.05, 4.69) is 15.1 Å². The van der Waals surface area contributed by atoms with Crippen molar-refractivity contribution in [1.82, 2.24) is 29.4 Å². The number of piperazine rings is 1. The van der Waals surface area contributed by atoms with Crippen LogP contribution in [0.2, 0.25) is 0 Å². The highest BCUT2D eigenvalue weighted by Gasteiger charge is 2.33. The number of para-hydroxylation sites is 2. The summed E-state index contributed by atoms with van der Waals surface area (Å²) in [5, 5.41) is 4.18. The first-order valence-electron chi connectivity index (χ1n) is 10.6. The molecule has 1 saturated heterocycles. The summed E-state index contributed by atoms with van der Waals surface area (Å²) in [4.78, 5) is 38.0. The van der Waals surface area contributed by atoms with Gasteiger partial charge in [-0.2, -0.15) is 10.1 Å². The number of aromatic nitrogens is 4. The first-order chi connectivity index (χ1) is 15.5. The van der Waals surface area contributed by atoms with Crippen molar-refractivity contribution in [3.63, 3.8) is 0 Å². The first kappa shape index (κ1) is 20.2. The van der Waals surface area contributed by atoms with Crippen LogP contribution in [0.3, 0.4) is 0 Å². The van der Waals surface area contributed by atoms with Crippen LogP contribution in [-0.4, -0.2) is 80.1 Å². The van der Waals surface area contributed by atoms with E-state index in [0.717, 1.165) is 17.0 Å². The summed E-state index contributed by atoms with van der Waals surface area (Å²) in [7, 11) is 0. The summed E-state index contributed by atoms with van der Waals surface area (Å²) in [5.41, 5.74) is 2.50. The van der Waals surface area contributed by atoms with Crippen LogP contribution < -0.4 is 9.47 Å². The van der Waals surface area contributed by atoms with Crippen molar-refractivity contribution in [2.24, 2.45) is 0 Å². The predicted molar refractivity (Wildman–Crippen MR) is 113 cm³/mol. The number of hydrogen-bond donors (Lipinski definition) is 0. The van der Waals surface area contributed by atoms with Gasteiger partial charge in [-0.25, -0.2) is 9.50 Å². The smallest absolute Gasteiger partial charge is 0.267 e. The molecule has 2 aliphatic rings. The van der Waals surface area contributed by atoms with Gasteiger partial charge >= 0.3 is 0 Å². The van der Waals surface area contributed by atoms with Gasteiger partial charge in [-0.15, -0.1) is 0 Å². The van der Waals surface area contributed by atoms with Crippen LogP contribution >= 0.6 is 0 Å². The predicted octanol–water partition coefficient (Wildman–Crippen LogP) is 0.794. The first-order valence-corrected chi connectivity index (χ1v) is 10.6. The highest BCUT2D eigenvalue weighted by atomic mass is 16.6. The minimum Gasteiger partial charge on any atom is -0.485 e. The molecule has 0 aliphatic carbocycles. The lowest BCUT2D eigenvalue weighted by Crippen LogP contribution is -2.55. The van der Waals surface area contributed by atoms with E-state index in [-0.39, 0.29) is 24.8 Å². The van der Waals surface area contributed by atoms with E-state index in [1.807, 2.05) is 32.0 Å². The second-order valence-electron chi connectivity index (χ2n) is 7.98. The van der Waals surface area contributed by atoms with Crippen LogP contribution in [0.1, 0.15) is 17.0 Å². The molecule has 5 rings (SSSR count). The zero-order valence-electron chi connectivity index (χ0n) is 18.0. The van der Waals surface area contributed by atoms with Gasteiger partial charge in [0.25, 0.3) is 11.7 Å². The van der Waals surface area contributed by atoms with Gasteiger partial charge in [0, 0.05) is 43.1 Å². The van der Waals surface area contributed by atoms with Crippen LogP contribution in [-0.2, 0) is 16.0 Å². The van der Waals surface area contributed by atoms with Crippen molar-refractivity contribution in [3.05, 3.63) is 47.5 Å². The Morgan fingerprint density at radius 3 is 2.56 bits per heavy atom. The summed E-state index contributed by atoms with van der Waals surface area (Å²) in [5.74, 6) is 1.65. The molecule has 1 fully saturated rings. The van der Waals surface area contributed by atoms with Crippen molar-refractivity contribution < 1.29 is 19.1 Å². The number of nitrogens with zero attached hydrogens (tertiary/aromatic N) is 6. The number of rotatable bonds is 3. The molecular weight excluding hydrogens is 412 g/mol. The molecule has 0 bridgehead atoms. The number of carbonyl (C=O) groups excluding carboxylic acids is 2. The number of fused-ring (bicyclic) bond motifs is 2. The van der Waals surface area contributed by atoms with E-state index < -0.39 is 6.10 Å². The lowest BCUT2D eigenvalue weighted by atomic mass is 10.1. The maximum Gasteiger partial charge on any atom is 0.267 e. The van der Waals surface area contributed by atoms with Crippen molar-refractivity contribution in [2.45, 2.75) is 26.4 Å². The molecule has 0 spiro atoms. The molecule has 2 amide bonds. The quantitative estimate of drug-likeness (QED) is 0.598. The van der Waals surface area contributed by atoms with Gasteiger partial charge in [0.2, 0.25) is 12.0 Å². The molecule has 1 atom stereocenters. The van der Waals surface area contributed by atoms with Gasteiger partial charge in [0.1, 0.15) is 12.9 Å². The number of benzene rings is 1. The topological polar surface area (TPSA) is 102 Å². The Kier molecular flexibility index (Phi) is 5.12. The molecule has 4 heterocycles. The molecule has 2 aromatic heterocycles. The fourth-order valence-electron chi connectivity index (χ4n) is 4.20. The maximum atomic E-state index is 13.0. The van der Waals surface area contributed by atoms with Gasteiger partial charge in [-0.05, 0) is 26.0 Å². The van der Waals surface area contributed by atoms with E-state index in [1.54, 1.807) is 20.4 Å². The minimum atomic E-state index is -0.669. The molecule has 3 aromatic rings. The average Bonchev–Trinajstić information content (AvgIpc) is 3.29. The van der Waals surface area contributed by atoms with Crippen molar-refractivity contribution >= 4 is 17.6 Å². The molecule has 0 N–H and O–H groups in total. The third-order valence-corrected chi connectivity index (χ3v) is 6.04. The Morgan fingerprint density at radius 2 is 1.78 bits per heavy atom. The maximum absolute atomic E-state index is 13.0. The molecule has 0 saturated carbocycles. The lowest BCUT2D eigenvalue weighted by Gasteiger charge is -2.37. The molecule has 32 heavy (non-hydrogen) atoms. The minimum absolute atomic E-state index is 0.00995. The zero-order chi connectivity index (χ0) is 22.2. The molecule has 2 aliphatic heterocycles. The van der Waals surface area contributed by atoms with Crippen LogP contribution in [0.4, 0.5) is 0 Å². The highest BCUT2D eigenvalue weighted by Crippen LogP contribution is 2.31. The van der Waals surface area contributed by atoms with Crippen LogP contribution in [0.5, 0.6) is 11.5 Å². The molecule has 10 nitrogen and oxygen atoms in total. The van der Waals surface area contributed by atoms with E-state index in [9.17, 15) is 9.59 Å².